The third-order valence-electron chi connectivity index (χ3n) is 2.11. The summed E-state index contributed by atoms with van der Waals surface area (Å²) in [5, 5.41) is 0. The minimum Gasteiger partial charge on any atom is -0.469 e. The van der Waals surface area contributed by atoms with Gasteiger partial charge < -0.3 is 4.42 Å². The highest BCUT2D eigenvalue weighted by Gasteiger charge is 2.07. The summed E-state index contributed by atoms with van der Waals surface area (Å²) >= 11 is 0. The monoisotopic (exact) mass is 160 g/mol. The molecule has 1 aromatic rings. The summed E-state index contributed by atoms with van der Waals surface area (Å²) in [6.45, 7) is 0. The summed E-state index contributed by atoms with van der Waals surface area (Å²) in [6.07, 6.45) is 12.5. The Morgan fingerprint density at radius 2 is 2.42 bits per heavy atom. The Morgan fingerprint density at radius 1 is 1.42 bits per heavy atom. The number of allylic oxidation sites excluding steroid dienone is 4. The second-order valence-electron chi connectivity index (χ2n) is 3.09. The molecule has 1 aromatic heterocycles. The zero-order valence-corrected chi connectivity index (χ0v) is 6.94. The highest BCUT2D eigenvalue weighted by atomic mass is 16.3. The van der Waals surface area contributed by atoms with E-state index < -0.39 is 0 Å². The van der Waals surface area contributed by atoms with E-state index in [1.165, 1.54) is 0 Å². The first kappa shape index (κ1) is 7.41. The third-order valence-corrected chi connectivity index (χ3v) is 2.11. The van der Waals surface area contributed by atoms with Crippen LogP contribution >= 0.6 is 0 Å². The largest absolute Gasteiger partial charge is 0.469 e. The maximum absolute atomic E-state index is 5.28. The molecule has 0 N–H and O–H groups in total. The summed E-state index contributed by atoms with van der Waals surface area (Å²) in [4.78, 5) is 0. The fourth-order valence-electron chi connectivity index (χ4n) is 1.47. The van der Waals surface area contributed by atoms with Crippen LogP contribution in [0.15, 0.2) is 47.1 Å². The Morgan fingerprint density at radius 3 is 3.08 bits per heavy atom. The van der Waals surface area contributed by atoms with Crippen LogP contribution in [0.25, 0.3) is 0 Å². The summed E-state index contributed by atoms with van der Waals surface area (Å²) in [7, 11) is 0. The van der Waals surface area contributed by atoms with E-state index in [0.29, 0.717) is 5.92 Å². The smallest absolute Gasteiger partial charge is 0.104 e. The normalized spacial score (nSPS) is 21.5. The molecule has 1 nitrogen and oxygen atoms in total. The van der Waals surface area contributed by atoms with Gasteiger partial charge in [-0.05, 0) is 24.5 Å². The molecule has 0 amide bonds. The molecule has 1 aliphatic rings. The van der Waals surface area contributed by atoms with Gasteiger partial charge in [-0.2, -0.15) is 0 Å². The van der Waals surface area contributed by atoms with Gasteiger partial charge in [0.05, 0.1) is 6.26 Å². The van der Waals surface area contributed by atoms with Gasteiger partial charge in [0.15, 0.2) is 0 Å². The number of hydrogen-bond acceptors (Lipinski definition) is 1. The molecule has 0 aliphatic heterocycles. The van der Waals surface area contributed by atoms with Crippen LogP contribution in [-0.2, 0) is 6.42 Å². The lowest BCUT2D eigenvalue weighted by molar-refractivity contribution is 0.476. The van der Waals surface area contributed by atoms with Crippen molar-refractivity contribution in [3.8, 4) is 0 Å². The van der Waals surface area contributed by atoms with Crippen molar-refractivity contribution < 1.29 is 4.42 Å². The molecular weight excluding hydrogens is 148 g/mol. The second kappa shape index (κ2) is 3.44. The van der Waals surface area contributed by atoms with Crippen LogP contribution in [0.2, 0.25) is 0 Å². The molecule has 0 fully saturated rings. The Kier molecular flexibility index (Phi) is 2.12. The molecule has 0 saturated heterocycles. The average Bonchev–Trinajstić information content (AvgIpc) is 2.59. The molecule has 0 spiro atoms. The van der Waals surface area contributed by atoms with Crippen LogP contribution in [0.1, 0.15) is 12.2 Å². The molecule has 1 atom stereocenters. The lowest BCUT2D eigenvalue weighted by Gasteiger charge is -2.10. The molecule has 0 aromatic carbocycles. The maximum atomic E-state index is 5.28. The van der Waals surface area contributed by atoms with Gasteiger partial charge in [-0.3, -0.25) is 0 Å². The van der Waals surface area contributed by atoms with E-state index in [2.05, 4.69) is 24.3 Å². The van der Waals surface area contributed by atoms with Crippen LogP contribution in [0.5, 0.6) is 0 Å². The van der Waals surface area contributed by atoms with Crippen molar-refractivity contribution >= 4 is 0 Å². The summed E-state index contributed by atoms with van der Waals surface area (Å²) < 4.78 is 5.28. The third kappa shape index (κ3) is 1.67. The van der Waals surface area contributed by atoms with Gasteiger partial charge in [-0.15, -0.1) is 0 Å². The summed E-state index contributed by atoms with van der Waals surface area (Å²) in [5.74, 6) is 1.71. The van der Waals surface area contributed by atoms with E-state index in [1.807, 2.05) is 12.1 Å². The fraction of sp³-hybridized carbons (Fsp3) is 0.273. The van der Waals surface area contributed by atoms with Crippen LogP contribution in [0.4, 0.5) is 0 Å². The minimum atomic E-state index is 0.626. The van der Waals surface area contributed by atoms with E-state index in [-0.39, 0.29) is 0 Å². The van der Waals surface area contributed by atoms with E-state index in [9.17, 15) is 0 Å². The van der Waals surface area contributed by atoms with Gasteiger partial charge in [-0.25, -0.2) is 0 Å². The molecule has 1 heterocycles. The molecule has 0 radical (unpaired) electrons. The van der Waals surface area contributed by atoms with Crippen molar-refractivity contribution in [1.82, 2.24) is 0 Å². The predicted octanol–water partition coefficient (Wildman–Crippen LogP) is 2.95. The first-order valence-corrected chi connectivity index (χ1v) is 4.31. The Balaban J connectivity index is 1.96. The molecule has 62 valence electrons. The minimum absolute atomic E-state index is 0.626. The topological polar surface area (TPSA) is 13.1 Å². The highest BCUT2D eigenvalue weighted by molar-refractivity contribution is 5.13. The molecule has 1 aliphatic carbocycles. The maximum Gasteiger partial charge on any atom is 0.104 e. The molecule has 1 heteroatoms. The number of hydrogen-bond donors (Lipinski definition) is 0. The molecule has 2 rings (SSSR count). The van der Waals surface area contributed by atoms with E-state index in [1.54, 1.807) is 6.26 Å². The quantitative estimate of drug-likeness (QED) is 0.648. The van der Waals surface area contributed by atoms with Gasteiger partial charge in [0.2, 0.25) is 0 Å². The molecule has 0 bridgehead atoms. The Bertz CT molecular complexity index is 280. The van der Waals surface area contributed by atoms with Gasteiger partial charge in [0.25, 0.3) is 0 Å². The summed E-state index contributed by atoms with van der Waals surface area (Å²) in [5.41, 5.74) is 0. The molecule has 0 saturated carbocycles. The lowest BCUT2D eigenvalue weighted by atomic mass is 9.96. The summed E-state index contributed by atoms with van der Waals surface area (Å²) in [6, 6.07) is 3.98. The van der Waals surface area contributed by atoms with Crippen LogP contribution in [0, 0.1) is 5.92 Å². The zero-order chi connectivity index (χ0) is 8.23. The van der Waals surface area contributed by atoms with Gasteiger partial charge in [0.1, 0.15) is 5.76 Å². The van der Waals surface area contributed by atoms with Gasteiger partial charge in [-0.1, -0.05) is 24.3 Å². The number of furan rings is 1. The van der Waals surface area contributed by atoms with Crippen LogP contribution in [-0.4, -0.2) is 0 Å². The van der Waals surface area contributed by atoms with Crippen molar-refractivity contribution in [2.45, 2.75) is 12.8 Å². The fourth-order valence-corrected chi connectivity index (χ4v) is 1.47. The SMILES string of the molecule is C1=CCC(Cc2ccco2)C=C1. The van der Waals surface area contributed by atoms with Crippen LogP contribution < -0.4 is 0 Å². The lowest BCUT2D eigenvalue weighted by Crippen LogP contribution is -2.00. The average molecular weight is 160 g/mol. The standard InChI is InChI=1S/C11H12O/c1-2-5-10(6-3-1)9-11-7-4-8-12-11/h1-5,7-8,10H,6,9H2. The van der Waals surface area contributed by atoms with Crippen molar-refractivity contribution in [1.29, 1.82) is 0 Å². The van der Waals surface area contributed by atoms with Gasteiger partial charge in [0, 0.05) is 6.42 Å². The first-order chi connectivity index (χ1) is 5.95. The van der Waals surface area contributed by atoms with Gasteiger partial charge >= 0.3 is 0 Å². The molecule has 1 unspecified atom stereocenters. The van der Waals surface area contributed by atoms with E-state index in [4.69, 9.17) is 4.42 Å². The van der Waals surface area contributed by atoms with Crippen molar-refractivity contribution in [3.05, 3.63) is 48.5 Å². The van der Waals surface area contributed by atoms with Crippen molar-refractivity contribution in [2.75, 3.05) is 0 Å². The van der Waals surface area contributed by atoms with Crippen LogP contribution in [0.3, 0.4) is 0 Å². The predicted molar refractivity (Wildman–Crippen MR) is 48.8 cm³/mol. The Labute approximate surface area is 72.4 Å². The van der Waals surface area contributed by atoms with E-state index in [0.717, 1.165) is 18.6 Å². The first-order valence-electron chi connectivity index (χ1n) is 4.31. The van der Waals surface area contributed by atoms with Crippen molar-refractivity contribution in [2.24, 2.45) is 5.92 Å². The van der Waals surface area contributed by atoms with Crippen molar-refractivity contribution in [3.63, 3.8) is 0 Å². The molecular formula is C11H12O. The molecule has 12 heavy (non-hydrogen) atoms. The van der Waals surface area contributed by atoms with E-state index >= 15 is 0 Å². The number of rotatable bonds is 2. The zero-order valence-electron chi connectivity index (χ0n) is 6.94. The highest BCUT2D eigenvalue weighted by Crippen LogP contribution is 2.17. The Hall–Kier alpha value is -1.24. The second-order valence-corrected chi connectivity index (χ2v) is 3.09.